The van der Waals surface area contributed by atoms with Gasteiger partial charge in [-0.2, -0.15) is 0 Å². The smallest absolute Gasteiger partial charge is 0.0794 e. The predicted molar refractivity (Wildman–Crippen MR) is 58.0 cm³/mol. The van der Waals surface area contributed by atoms with E-state index in [9.17, 15) is 0 Å². The number of allylic oxidation sites excluding steroid dienone is 1. The molecule has 1 unspecified atom stereocenters. The van der Waals surface area contributed by atoms with Gasteiger partial charge in [-0.3, -0.25) is 4.98 Å². The van der Waals surface area contributed by atoms with Gasteiger partial charge in [0.2, 0.25) is 0 Å². The summed E-state index contributed by atoms with van der Waals surface area (Å²) in [6.45, 7) is 6.86. The molecule has 0 spiro atoms. The topological polar surface area (TPSA) is 24.9 Å². The van der Waals surface area contributed by atoms with Crippen LogP contribution in [-0.2, 0) is 0 Å². The van der Waals surface area contributed by atoms with E-state index in [4.69, 9.17) is 0 Å². The van der Waals surface area contributed by atoms with E-state index in [1.165, 1.54) is 4.88 Å². The van der Waals surface area contributed by atoms with Crippen LogP contribution >= 0.6 is 11.3 Å². The average molecular weight is 196 g/mol. The second-order valence-electron chi connectivity index (χ2n) is 2.88. The number of nitrogens with one attached hydrogen (secondary N) is 1. The fourth-order valence-electron chi connectivity index (χ4n) is 1.27. The molecule has 3 heteroatoms. The van der Waals surface area contributed by atoms with Crippen molar-refractivity contribution in [3.63, 3.8) is 0 Å². The Morgan fingerprint density at radius 2 is 2.62 bits per heavy atom. The summed E-state index contributed by atoms with van der Waals surface area (Å²) in [4.78, 5) is 5.41. The average Bonchev–Trinajstić information content (AvgIpc) is 2.65. The molecular formula is C10H16N2S. The van der Waals surface area contributed by atoms with Crippen molar-refractivity contribution in [1.82, 2.24) is 10.3 Å². The highest BCUT2D eigenvalue weighted by Crippen LogP contribution is 2.21. The lowest BCUT2D eigenvalue weighted by Gasteiger charge is -2.14. The van der Waals surface area contributed by atoms with Gasteiger partial charge in [0.1, 0.15) is 0 Å². The number of thiazole rings is 1. The molecule has 1 heterocycles. The Kier molecular flexibility index (Phi) is 4.72. The van der Waals surface area contributed by atoms with Crippen LogP contribution in [0, 0.1) is 0 Å². The van der Waals surface area contributed by atoms with Crippen molar-refractivity contribution in [1.29, 1.82) is 0 Å². The van der Waals surface area contributed by atoms with Crippen molar-refractivity contribution in [2.75, 3.05) is 6.54 Å². The van der Waals surface area contributed by atoms with E-state index in [0.717, 1.165) is 19.4 Å². The standard InChI is InChI=1S/C10H16N2S/c1-3-5-6-9(12-4-2)10-7-11-8-13-10/h3,7-9,12H,1,4-6H2,2H3. The summed E-state index contributed by atoms with van der Waals surface area (Å²) in [5.41, 5.74) is 1.88. The molecular weight excluding hydrogens is 180 g/mol. The maximum absolute atomic E-state index is 4.09. The minimum Gasteiger partial charge on any atom is -0.309 e. The molecule has 0 saturated carbocycles. The van der Waals surface area contributed by atoms with Crippen molar-refractivity contribution >= 4 is 11.3 Å². The number of nitrogens with zero attached hydrogens (tertiary/aromatic N) is 1. The van der Waals surface area contributed by atoms with Gasteiger partial charge in [-0.1, -0.05) is 13.0 Å². The zero-order chi connectivity index (χ0) is 9.52. The molecule has 2 nitrogen and oxygen atoms in total. The normalized spacial score (nSPS) is 12.7. The van der Waals surface area contributed by atoms with Crippen LogP contribution in [0.15, 0.2) is 24.4 Å². The Morgan fingerprint density at radius 3 is 3.15 bits per heavy atom. The van der Waals surface area contributed by atoms with Crippen LogP contribution in [0.4, 0.5) is 0 Å². The van der Waals surface area contributed by atoms with Crippen molar-refractivity contribution < 1.29 is 0 Å². The van der Waals surface area contributed by atoms with Gasteiger partial charge in [0.15, 0.2) is 0 Å². The quantitative estimate of drug-likeness (QED) is 0.708. The summed E-state index contributed by atoms with van der Waals surface area (Å²) in [5, 5.41) is 3.44. The third kappa shape index (κ3) is 3.28. The molecule has 13 heavy (non-hydrogen) atoms. The summed E-state index contributed by atoms with van der Waals surface area (Å²) in [7, 11) is 0. The Bertz CT molecular complexity index is 231. The first-order valence-corrected chi connectivity index (χ1v) is 5.49. The van der Waals surface area contributed by atoms with Crippen LogP contribution in [0.2, 0.25) is 0 Å². The lowest BCUT2D eigenvalue weighted by atomic mass is 10.1. The molecule has 0 fully saturated rings. The first kappa shape index (κ1) is 10.4. The van der Waals surface area contributed by atoms with Crippen molar-refractivity contribution in [2.45, 2.75) is 25.8 Å². The zero-order valence-corrected chi connectivity index (χ0v) is 8.81. The molecule has 0 saturated heterocycles. The van der Waals surface area contributed by atoms with Gasteiger partial charge in [0.05, 0.1) is 5.51 Å². The number of rotatable bonds is 6. The van der Waals surface area contributed by atoms with E-state index in [2.05, 4.69) is 23.8 Å². The maximum atomic E-state index is 4.09. The highest BCUT2D eigenvalue weighted by atomic mass is 32.1. The summed E-state index contributed by atoms with van der Waals surface area (Å²) in [6.07, 6.45) is 6.07. The summed E-state index contributed by atoms with van der Waals surface area (Å²) in [5.74, 6) is 0. The summed E-state index contributed by atoms with van der Waals surface area (Å²) >= 11 is 1.71. The molecule has 1 aromatic heterocycles. The largest absolute Gasteiger partial charge is 0.309 e. The van der Waals surface area contributed by atoms with Gasteiger partial charge in [-0.25, -0.2) is 0 Å². The lowest BCUT2D eigenvalue weighted by Crippen LogP contribution is -2.19. The molecule has 0 aliphatic heterocycles. The fourth-order valence-corrected chi connectivity index (χ4v) is 2.00. The van der Waals surface area contributed by atoms with Crippen molar-refractivity contribution in [2.24, 2.45) is 0 Å². The molecule has 0 aromatic carbocycles. The highest BCUT2D eigenvalue weighted by Gasteiger charge is 2.09. The van der Waals surface area contributed by atoms with E-state index >= 15 is 0 Å². The Labute approximate surface area is 83.7 Å². The second-order valence-corrected chi connectivity index (χ2v) is 3.80. The van der Waals surface area contributed by atoms with Crippen molar-refractivity contribution in [3.8, 4) is 0 Å². The molecule has 0 radical (unpaired) electrons. The van der Waals surface area contributed by atoms with E-state index < -0.39 is 0 Å². The zero-order valence-electron chi connectivity index (χ0n) is 7.99. The summed E-state index contributed by atoms with van der Waals surface area (Å²) < 4.78 is 0. The van der Waals surface area contributed by atoms with Gasteiger partial charge in [0.25, 0.3) is 0 Å². The van der Waals surface area contributed by atoms with Gasteiger partial charge in [-0.05, 0) is 19.4 Å². The van der Waals surface area contributed by atoms with Crippen LogP contribution in [0.1, 0.15) is 30.7 Å². The molecule has 1 atom stereocenters. The fraction of sp³-hybridized carbons (Fsp3) is 0.500. The van der Waals surface area contributed by atoms with Crippen LogP contribution in [-0.4, -0.2) is 11.5 Å². The van der Waals surface area contributed by atoms with Gasteiger partial charge in [-0.15, -0.1) is 17.9 Å². The van der Waals surface area contributed by atoms with E-state index in [0.29, 0.717) is 6.04 Å². The third-order valence-electron chi connectivity index (χ3n) is 1.90. The molecule has 0 aliphatic carbocycles. The second kappa shape index (κ2) is 5.89. The van der Waals surface area contributed by atoms with E-state index in [1.807, 2.05) is 17.8 Å². The number of aromatic nitrogens is 1. The van der Waals surface area contributed by atoms with Gasteiger partial charge < -0.3 is 5.32 Å². The van der Waals surface area contributed by atoms with Crippen LogP contribution in [0.5, 0.6) is 0 Å². The predicted octanol–water partition coefficient (Wildman–Crippen LogP) is 2.76. The van der Waals surface area contributed by atoms with E-state index in [1.54, 1.807) is 11.3 Å². The maximum Gasteiger partial charge on any atom is 0.0794 e. The lowest BCUT2D eigenvalue weighted by molar-refractivity contribution is 0.527. The Hall–Kier alpha value is -0.670. The molecule has 0 bridgehead atoms. The highest BCUT2D eigenvalue weighted by molar-refractivity contribution is 7.09. The van der Waals surface area contributed by atoms with Gasteiger partial charge >= 0.3 is 0 Å². The van der Waals surface area contributed by atoms with E-state index in [-0.39, 0.29) is 0 Å². The SMILES string of the molecule is C=CCCC(NCC)c1cncs1. The molecule has 1 rings (SSSR count). The monoisotopic (exact) mass is 196 g/mol. The Morgan fingerprint density at radius 1 is 1.77 bits per heavy atom. The van der Waals surface area contributed by atoms with Crippen LogP contribution in [0.25, 0.3) is 0 Å². The molecule has 0 aliphatic rings. The molecule has 72 valence electrons. The minimum atomic E-state index is 0.454. The Balaban J connectivity index is 2.51. The van der Waals surface area contributed by atoms with Crippen LogP contribution < -0.4 is 5.32 Å². The molecule has 0 amide bonds. The summed E-state index contributed by atoms with van der Waals surface area (Å²) in [6, 6.07) is 0.454. The number of hydrogen-bond acceptors (Lipinski definition) is 3. The minimum absolute atomic E-state index is 0.454. The molecule has 1 N–H and O–H groups in total. The molecule has 1 aromatic rings. The number of hydrogen-bond donors (Lipinski definition) is 1. The third-order valence-corrected chi connectivity index (χ3v) is 2.79. The first-order chi connectivity index (χ1) is 6.38. The van der Waals surface area contributed by atoms with Gasteiger partial charge in [0, 0.05) is 17.1 Å². The van der Waals surface area contributed by atoms with Crippen molar-refractivity contribution in [3.05, 3.63) is 29.2 Å². The van der Waals surface area contributed by atoms with Crippen LogP contribution in [0.3, 0.4) is 0 Å². The first-order valence-electron chi connectivity index (χ1n) is 4.61.